The number of benzene rings is 4. The van der Waals surface area contributed by atoms with E-state index in [9.17, 15) is 0 Å². The summed E-state index contributed by atoms with van der Waals surface area (Å²) >= 11 is 10.8. The molecule has 1 heterocycles. The van der Waals surface area contributed by atoms with Gasteiger partial charge in [-0.25, -0.2) is 4.74 Å². The second kappa shape index (κ2) is 9.54. The molecule has 1 aliphatic heterocycles. The van der Waals surface area contributed by atoms with E-state index in [-0.39, 0.29) is 0 Å². The predicted molar refractivity (Wildman–Crippen MR) is 153 cm³/mol. The topological polar surface area (TPSA) is 15.6 Å². The largest absolute Gasteiger partial charge is 0.328 e. The Morgan fingerprint density at radius 1 is 0.697 bits per heavy atom. The molecular weight excluding hydrogens is 623 g/mol. The van der Waals surface area contributed by atoms with E-state index in [1.165, 1.54) is 21.9 Å². The van der Waals surface area contributed by atoms with Gasteiger partial charge in [0.1, 0.15) is 7.21 Å². The Kier molecular flexibility index (Phi) is 6.68. The third-order valence-electron chi connectivity index (χ3n) is 5.94. The van der Waals surface area contributed by atoms with Crippen molar-refractivity contribution in [2.45, 2.75) is 19.4 Å². The van der Waals surface area contributed by atoms with Gasteiger partial charge < -0.3 is 4.67 Å². The summed E-state index contributed by atoms with van der Waals surface area (Å²) in [6.07, 6.45) is 1.01. The molecule has 5 rings (SSSR count). The van der Waals surface area contributed by atoms with Gasteiger partial charge in [-0.1, -0.05) is 66.0 Å². The lowest BCUT2D eigenvalue weighted by molar-refractivity contribution is 0.789. The maximum Gasteiger partial charge on any atom is 0.118 e. The number of nitrogens with zero attached hydrogens (tertiary/aromatic N) is 2. The van der Waals surface area contributed by atoms with Crippen molar-refractivity contribution in [3.63, 3.8) is 0 Å². The first kappa shape index (κ1) is 23.1. The summed E-state index contributed by atoms with van der Waals surface area (Å²) in [4.78, 5) is 0. The molecule has 0 fully saturated rings. The lowest BCUT2D eigenvalue weighted by atomic mass is 10.1. The van der Waals surface area contributed by atoms with Gasteiger partial charge in [0, 0.05) is 35.8 Å². The number of anilines is 1. The van der Waals surface area contributed by atoms with E-state index in [1.807, 2.05) is 0 Å². The third-order valence-corrected chi connectivity index (χ3v) is 11.3. The van der Waals surface area contributed by atoms with Crippen molar-refractivity contribution in [2.24, 2.45) is 4.74 Å². The minimum absolute atomic E-state index is 0.322. The smallest absolute Gasteiger partial charge is 0.118 e. The van der Waals surface area contributed by atoms with Gasteiger partial charge >= 0.3 is 0 Å². The SMILES string of the molecule is C[C@H]1Cc2ccccc2N1P(=Nc1ccc(Br)cc1)(c1ccc(Br)cc1)c1ccc(Br)cc1. The van der Waals surface area contributed by atoms with Crippen LogP contribution in [0, 0.1) is 0 Å². The molecule has 0 radical (unpaired) electrons. The Labute approximate surface area is 220 Å². The minimum atomic E-state index is -2.41. The summed E-state index contributed by atoms with van der Waals surface area (Å²) in [5.74, 6) is 0. The highest BCUT2D eigenvalue weighted by Gasteiger charge is 2.40. The van der Waals surface area contributed by atoms with E-state index < -0.39 is 7.21 Å². The maximum atomic E-state index is 5.65. The van der Waals surface area contributed by atoms with Crippen LogP contribution in [0.15, 0.2) is 115 Å². The molecular formula is C27H22Br3N2P. The monoisotopic (exact) mass is 642 g/mol. The van der Waals surface area contributed by atoms with Gasteiger partial charge in [0.05, 0.1) is 5.69 Å². The van der Waals surface area contributed by atoms with Crippen LogP contribution >= 0.6 is 55.0 Å². The van der Waals surface area contributed by atoms with Gasteiger partial charge in [0.2, 0.25) is 0 Å². The summed E-state index contributed by atoms with van der Waals surface area (Å²) in [5.41, 5.74) is 3.65. The van der Waals surface area contributed by atoms with E-state index in [1.54, 1.807) is 0 Å². The summed E-state index contributed by atoms with van der Waals surface area (Å²) in [7, 11) is -2.41. The fourth-order valence-electron chi connectivity index (χ4n) is 4.52. The average molecular weight is 645 g/mol. The van der Waals surface area contributed by atoms with Crippen LogP contribution in [0.5, 0.6) is 0 Å². The normalized spacial score (nSPS) is 15.4. The third kappa shape index (κ3) is 4.41. The summed E-state index contributed by atoms with van der Waals surface area (Å²) in [6, 6.07) is 34.9. The molecule has 0 N–H and O–H groups in total. The maximum absolute atomic E-state index is 5.65. The van der Waals surface area contributed by atoms with Crippen molar-refractivity contribution >= 4 is 77.0 Å². The first-order valence-corrected chi connectivity index (χ1v) is 14.8. The summed E-state index contributed by atoms with van der Waals surface area (Å²) in [5, 5.41) is 2.47. The zero-order valence-electron chi connectivity index (χ0n) is 18.0. The van der Waals surface area contributed by atoms with Crippen LogP contribution in [-0.2, 0) is 6.42 Å². The molecule has 2 nitrogen and oxygen atoms in total. The van der Waals surface area contributed by atoms with Crippen molar-refractivity contribution in [1.82, 2.24) is 0 Å². The highest BCUT2D eigenvalue weighted by molar-refractivity contribution is 9.11. The van der Waals surface area contributed by atoms with E-state index in [0.717, 1.165) is 25.5 Å². The van der Waals surface area contributed by atoms with Crippen molar-refractivity contribution in [3.05, 3.63) is 116 Å². The van der Waals surface area contributed by atoms with Gasteiger partial charge in [0.15, 0.2) is 0 Å². The van der Waals surface area contributed by atoms with Crippen LogP contribution in [0.2, 0.25) is 0 Å². The number of rotatable bonds is 4. The van der Waals surface area contributed by atoms with E-state index in [0.29, 0.717) is 6.04 Å². The molecule has 0 amide bonds. The standard InChI is InChI=1S/C27H22Br3N2P/c1-19-18-20-4-2-3-5-27(20)32(19)33(25-14-8-22(29)9-15-25,26-16-10-23(30)11-17-26)31-24-12-6-21(28)7-13-24/h2-17,19H,18H2,1H3/t19-/m0/s1. The molecule has 6 heteroatoms. The van der Waals surface area contributed by atoms with Crippen molar-refractivity contribution in [2.75, 3.05) is 4.67 Å². The van der Waals surface area contributed by atoms with Crippen LogP contribution in [0.25, 0.3) is 0 Å². The fourth-order valence-corrected chi connectivity index (χ4v) is 9.20. The zero-order chi connectivity index (χ0) is 23.0. The number of hydrogen-bond donors (Lipinski definition) is 0. The molecule has 1 atom stereocenters. The molecule has 4 aromatic carbocycles. The Balaban J connectivity index is 1.89. The molecule has 0 unspecified atom stereocenters. The first-order valence-electron chi connectivity index (χ1n) is 10.8. The Morgan fingerprint density at radius 3 is 1.73 bits per heavy atom. The van der Waals surface area contributed by atoms with Gasteiger partial charge in [-0.3, -0.25) is 0 Å². The van der Waals surface area contributed by atoms with Crippen LogP contribution in [0.4, 0.5) is 11.4 Å². The molecule has 0 saturated heterocycles. The second-order valence-electron chi connectivity index (χ2n) is 8.16. The van der Waals surface area contributed by atoms with E-state index in [4.69, 9.17) is 4.74 Å². The van der Waals surface area contributed by atoms with Crippen LogP contribution in [-0.4, -0.2) is 6.04 Å². The molecule has 0 aromatic heterocycles. The highest BCUT2D eigenvalue weighted by atomic mass is 79.9. The van der Waals surface area contributed by atoms with Crippen LogP contribution < -0.4 is 15.3 Å². The van der Waals surface area contributed by atoms with Crippen molar-refractivity contribution in [3.8, 4) is 0 Å². The van der Waals surface area contributed by atoms with Gasteiger partial charge in [0.25, 0.3) is 0 Å². The Bertz CT molecular complexity index is 1280. The summed E-state index contributed by atoms with van der Waals surface area (Å²) < 4.78 is 11.4. The van der Waals surface area contributed by atoms with E-state index >= 15 is 0 Å². The zero-order valence-corrected chi connectivity index (χ0v) is 23.7. The van der Waals surface area contributed by atoms with Crippen LogP contribution in [0.1, 0.15) is 12.5 Å². The van der Waals surface area contributed by atoms with E-state index in [2.05, 4.69) is 156 Å². The molecule has 0 aliphatic carbocycles. The molecule has 0 spiro atoms. The molecule has 1 aliphatic rings. The predicted octanol–water partition coefficient (Wildman–Crippen LogP) is 8.82. The average Bonchev–Trinajstić information content (AvgIpc) is 3.16. The second-order valence-corrected chi connectivity index (χ2v) is 13.8. The molecule has 166 valence electrons. The lowest BCUT2D eigenvalue weighted by Gasteiger charge is -2.40. The molecule has 0 saturated carbocycles. The van der Waals surface area contributed by atoms with Crippen LogP contribution in [0.3, 0.4) is 0 Å². The number of para-hydroxylation sites is 1. The quantitative estimate of drug-likeness (QED) is 0.203. The first-order chi connectivity index (χ1) is 16.0. The number of fused-ring (bicyclic) bond motifs is 1. The Hall–Kier alpha value is -1.65. The molecule has 4 aromatic rings. The lowest BCUT2D eigenvalue weighted by Crippen LogP contribution is -2.36. The Morgan fingerprint density at radius 2 is 1.18 bits per heavy atom. The fraction of sp³-hybridized carbons (Fsp3) is 0.111. The van der Waals surface area contributed by atoms with Gasteiger partial charge in [-0.15, -0.1) is 0 Å². The van der Waals surface area contributed by atoms with Crippen molar-refractivity contribution in [1.29, 1.82) is 0 Å². The van der Waals surface area contributed by atoms with Crippen molar-refractivity contribution < 1.29 is 0 Å². The molecule has 33 heavy (non-hydrogen) atoms. The minimum Gasteiger partial charge on any atom is -0.328 e. The van der Waals surface area contributed by atoms with Gasteiger partial charge in [-0.05, 0) is 97.8 Å². The summed E-state index contributed by atoms with van der Waals surface area (Å²) in [6.45, 7) is 2.32. The number of hydrogen-bond acceptors (Lipinski definition) is 1. The van der Waals surface area contributed by atoms with Gasteiger partial charge in [-0.2, -0.15) is 0 Å². The number of halogens is 3. The molecule has 0 bridgehead atoms. The highest BCUT2D eigenvalue weighted by Crippen LogP contribution is 2.59.